The number of nitrogens with two attached hydrogens (primary N) is 1. The predicted octanol–water partition coefficient (Wildman–Crippen LogP) is 3.29. The van der Waals surface area contributed by atoms with Crippen molar-refractivity contribution in [3.63, 3.8) is 0 Å². The number of nitrogens with zero attached hydrogens (tertiary/aromatic N) is 2. The fraction of sp³-hybridized carbons (Fsp3) is 0.278. The predicted molar refractivity (Wildman–Crippen MR) is 110 cm³/mol. The lowest BCUT2D eigenvalue weighted by Gasteiger charge is -2.32. The smallest absolute Gasteiger partial charge is 0.256 e. The molecular formula is C18H18ClIN4O2. The maximum atomic E-state index is 12.4. The van der Waals surface area contributed by atoms with Gasteiger partial charge in [-0.2, -0.15) is 0 Å². The molecule has 6 nitrogen and oxygen atoms in total. The van der Waals surface area contributed by atoms with E-state index in [1.54, 1.807) is 30.5 Å². The monoisotopic (exact) mass is 484 g/mol. The van der Waals surface area contributed by atoms with Crippen molar-refractivity contribution in [1.82, 2.24) is 4.98 Å². The largest absolute Gasteiger partial charge is 0.369 e. The second-order valence-electron chi connectivity index (χ2n) is 6.17. The Kier molecular flexibility index (Phi) is 5.98. The number of carbonyl (C=O) groups excluding carboxylic acids is 2. The first-order valence-corrected chi connectivity index (χ1v) is 9.66. The van der Waals surface area contributed by atoms with Crippen LogP contribution < -0.4 is 16.0 Å². The van der Waals surface area contributed by atoms with Crippen LogP contribution in [0.3, 0.4) is 0 Å². The fourth-order valence-electron chi connectivity index (χ4n) is 2.94. The van der Waals surface area contributed by atoms with E-state index < -0.39 is 0 Å². The Balaban J connectivity index is 1.67. The first-order valence-electron chi connectivity index (χ1n) is 8.21. The summed E-state index contributed by atoms with van der Waals surface area (Å²) in [5.41, 5.74) is 6.58. The standard InChI is InChI=1S/C18H18ClIN4O2/c19-12-3-5-14(15(20)8-12)18(26)23-13-4-6-16(22-9-13)24-7-1-2-11(10-24)17(21)25/h3-6,8-9,11H,1-2,7,10H2,(H2,21,25)(H,23,26). The van der Waals surface area contributed by atoms with Gasteiger partial charge in [0.05, 0.1) is 23.4 Å². The summed E-state index contributed by atoms with van der Waals surface area (Å²) in [6, 6.07) is 8.76. The molecule has 2 aromatic rings. The molecule has 0 radical (unpaired) electrons. The number of rotatable bonds is 4. The van der Waals surface area contributed by atoms with E-state index in [0.717, 1.165) is 28.8 Å². The van der Waals surface area contributed by atoms with Gasteiger partial charge in [-0.3, -0.25) is 9.59 Å². The second kappa shape index (κ2) is 8.22. The summed E-state index contributed by atoms with van der Waals surface area (Å²) in [7, 11) is 0. The summed E-state index contributed by atoms with van der Waals surface area (Å²) in [5, 5.41) is 3.42. The van der Waals surface area contributed by atoms with Crippen LogP contribution in [0, 0.1) is 9.49 Å². The number of primary amides is 1. The minimum absolute atomic E-state index is 0.142. The lowest BCUT2D eigenvalue weighted by Crippen LogP contribution is -2.41. The molecule has 3 rings (SSSR count). The highest BCUT2D eigenvalue weighted by Crippen LogP contribution is 2.23. The van der Waals surface area contributed by atoms with E-state index in [1.165, 1.54) is 0 Å². The zero-order valence-electron chi connectivity index (χ0n) is 13.9. The van der Waals surface area contributed by atoms with Gasteiger partial charge in [0, 0.05) is 21.7 Å². The van der Waals surface area contributed by atoms with Gasteiger partial charge in [-0.1, -0.05) is 11.6 Å². The summed E-state index contributed by atoms with van der Waals surface area (Å²) in [6.07, 6.45) is 3.34. The van der Waals surface area contributed by atoms with Crippen molar-refractivity contribution in [2.24, 2.45) is 11.7 Å². The number of piperidine rings is 1. The molecule has 0 saturated carbocycles. The number of anilines is 2. The molecule has 2 heterocycles. The molecule has 0 spiro atoms. The van der Waals surface area contributed by atoms with Crippen LogP contribution in [0.5, 0.6) is 0 Å². The molecule has 26 heavy (non-hydrogen) atoms. The highest BCUT2D eigenvalue weighted by molar-refractivity contribution is 14.1. The van der Waals surface area contributed by atoms with Crippen LogP contribution in [-0.2, 0) is 4.79 Å². The van der Waals surface area contributed by atoms with E-state index in [2.05, 4.69) is 32.9 Å². The number of hydrogen-bond donors (Lipinski definition) is 2. The maximum Gasteiger partial charge on any atom is 0.256 e. The van der Waals surface area contributed by atoms with Crippen LogP contribution in [0.2, 0.25) is 5.02 Å². The first-order chi connectivity index (χ1) is 12.4. The van der Waals surface area contributed by atoms with Gasteiger partial charge in [0.15, 0.2) is 0 Å². The van der Waals surface area contributed by atoms with E-state index >= 15 is 0 Å². The van der Waals surface area contributed by atoms with Gasteiger partial charge in [-0.05, 0) is 65.8 Å². The molecule has 1 saturated heterocycles. The molecule has 1 atom stereocenters. The van der Waals surface area contributed by atoms with Crippen molar-refractivity contribution >= 4 is 57.5 Å². The van der Waals surface area contributed by atoms with Gasteiger partial charge in [0.25, 0.3) is 5.91 Å². The van der Waals surface area contributed by atoms with Crippen molar-refractivity contribution in [3.05, 3.63) is 50.7 Å². The number of amides is 2. The quantitative estimate of drug-likeness (QED) is 0.652. The average Bonchev–Trinajstić information content (AvgIpc) is 2.62. The average molecular weight is 485 g/mol. The summed E-state index contributed by atoms with van der Waals surface area (Å²) >= 11 is 8.00. The Morgan fingerprint density at radius 2 is 2.12 bits per heavy atom. The number of carbonyl (C=O) groups is 2. The SMILES string of the molecule is NC(=O)C1CCCN(c2ccc(NC(=O)c3ccc(Cl)cc3I)cn2)C1. The van der Waals surface area contributed by atoms with Crippen LogP contribution in [0.25, 0.3) is 0 Å². The number of nitrogens with one attached hydrogen (secondary N) is 1. The molecule has 0 aliphatic carbocycles. The molecule has 1 aromatic carbocycles. The minimum atomic E-state index is -0.267. The van der Waals surface area contributed by atoms with Crippen LogP contribution in [-0.4, -0.2) is 29.9 Å². The molecule has 1 fully saturated rings. The lowest BCUT2D eigenvalue weighted by molar-refractivity contribution is -0.122. The van der Waals surface area contributed by atoms with Gasteiger partial charge >= 0.3 is 0 Å². The van der Waals surface area contributed by atoms with Crippen LogP contribution in [0.1, 0.15) is 23.2 Å². The summed E-state index contributed by atoms with van der Waals surface area (Å²) in [5.74, 6) is 0.149. The van der Waals surface area contributed by atoms with Gasteiger partial charge in [0.1, 0.15) is 5.82 Å². The normalized spacial score (nSPS) is 17.0. The minimum Gasteiger partial charge on any atom is -0.369 e. The van der Waals surface area contributed by atoms with Crippen molar-refractivity contribution in [2.75, 3.05) is 23.3 Å². The first kappa shape index (κ1) is 18.9. The van der Waals surface area contributed by atoms with Crippen LogP contribution in [0.15, 0.2) is 36.5 Å². The Morgan fingerprint density at radius 3 is 2.77 bits per heavy atom. The number of hydrogen-bond acceptors (Lipinski definition) is 4. The van der Waals surface area contributed by atoms with Crippen LogP contribution >= 0.6 is 34.2 Å². The topological polar surface area (TPSA) is 88.3 Å². The van der Waals surface area contributed by atoms with Crippen molar-refractivity contribution in [2.45, 2.75) is 12.8 Å². The van der Waals surface area contributed by atoms with Crippen molar-refractivity contribution in [3.8, 4) is 0 Å². The molecule has 2 amide bonds. The molecule has 136 valence electrons. The highest BCUT2D eigenvalue weighted by atomic mass is 127. The van der Waals surface area contributed by atoms with Gasteiger partial charge < -0.3 is 16.0 Å². The molecule has 1 aromatic heterocycles. The van der Waals surface area contributed by atoms with E-state index in [4.69, 9.17) is 17.3 Å². The van der Waals surface area contributed by atoms with Gasteiger partial charge in [-0.15, -0.1) is 0 Å². The van der Waals surface area contributed by atoms with Gasteiger partial charge in [0.2, 0.25) is 5.91 Å². The Hall–Kier alpha value is -1.87. The molecule has 0 bridgehead atoms. The van der Waals surface area contributed by atoms with Crippen molar-refractivity contribution < 1.29 is 9.59 Å². The van der Waals surface area contributed by atoms with E-state index in [-0.39, 0.29) is 17.7 Å². The zero-order valence-corrected chi connectivity index (χ0v) is 16.8. The zero-order chi connectivity index (χ0) is 18.7. The second-order valence-corrected chi connectivity index (χ2v) is 7.77. The third-order valence-electron chi connectivity index (χ3n) is 4.33. The molecule has 3 N–H and O–H groups in total. The highest BCUT2D eigenvalue weighted by Gasteiger charge is 2.24. The van der Waals surface area contributed by atoms with Gasteiger partial charge in [-0.25, -0.2) is 4.98 Å². The fourth-order valence-corrected chi connectivity index (χ4v) is 4.05. The van der Waals surface area contributed by atoms with Crippen LogP contribution in [0.4, 0.5) is 11.5 Å². The number of halogens is 2. The molecule has 8 heteroatoms. The van der Waals surface area contributed by atoms with E-state index in [0.29, 0.717) is 22.8 Å². The number of benzene rings is 1. The lowest BCUT2D eigenvalue weighted by atomic mass is 9.97. The summed E-state index contributed by atoms with van der Waals surface area (Å²) in [4.78, 5) is 30.3. The summed E-state index contributed by atoms with van der Waals surface area (Å²) < 4.78 is 0.781. The Bertz CT molecular complexity index is 828. The third kappa shape index (κ3) is 4.45. The molecule has 1 aliphatic heterocycles. The molecule has 1 aliphatic rings. The van der Waals surface area contributed by atoms with E-state index in [9.17, 15) is 9.59 Å². The maximum absolute atomic E-state index is 12.4. The Morgan fingerprint density at radius 1 is 1.31 bits per heavy atom. The number of aromatic nitrogens is 1. The molecular weight excluding hydrogens is 467 g/mol. The Labute approximate surface area is 170 Å². The van der Waals surface area contributed by atoms with Crippen molar-refractivity contribution in [1.29, 1.82) is 0 Å². The van der Waals surface area contributed by atoms with E-state index in [1.807, 2.05) is 11.0 Å². The third-order valence-corrected chi connectivity index (χ3v) is 5.46. The molecule has 1 unspecified atom stereocenters. The summed E-state index contributed by atoms with van der Waals surface area (Å²) in [6.45, 7) is 1.42. The number of pyridine rings is 1.